The summed E-state index contributed by atoms with van der Waals surface area (Å²) in [4.78, 5) is 11.9. The van der Waals surface area contributed by atoms with Crippen molar-refractivity contribution in [3.63, 3.8) is 0 Å². The zero-order valence-electron chi connectivity index (χ0n) is 11.2. The van der Waals surface area contributed by atoms with E-state index in [2.05, 4.69) is 5.32 Å². The molecule has 3 N–H and O–H groups in total. The molecule has 0 aromatic heterocycles. The maximum atomic E-state index is 11.9. The van der Waals surface area contributed by atoms with Gasteiger partial charge < -0.3 is 5.32 Å². The number of amides is 1. The van der Waals surface area contributed by atoms with Gasteiger partial charge in [0.05, 0.1) is 21.4 Å². The Morgan fingerprint density at radius 3 is 2.23 bits per heavy atom. The second-order valence-electron chi connectivity index (χ2n) is 4.54. The van der Waals surface area contributed by atoms with Crippen molar-refractivity contribution in [2.75, 3.05) is 5.32 Å². The van der Waals surface area contributed by atoms with E-state index in [1.54, 1.807) is 18.2 Å². The van der Waals surface area contributed by atoms with E-state index in [0.717, 1.165) is 0 Å². The molecule has 1 amide bonds. The average molecular weight is 359 g/mol. The Morgan fingerprint density at radius 1 is 1.05 bits per heavy atom. The van der Waals surface area contributed by atoms with Crippen LogP contribution in [-0.2, 0) is 21.2 Å². The van der Waals surface area contributed by atoms with Crippen molar-refractivity contribution in [3.8, 4) is 0 Å². The molecule has 2 aromatic rings. The number of rotatable bonds is 4. The minimum Gasteiger partial charge on any atom is -0.326 e. The van der Waals surface area contributed by atoms with Crippen LogP contribution < -0.4 is 10.5 Å². The lowest BCUT2D eigenvalue weighted by Gasteiger charge is -2.07. The summed E-state index contributed by atoms with van der Waals surface area (Å²) in [6.07, 6.45) is 0.119. The molecule has 0 bridgehead atoms. The van der Waals surface area contributed by atoms with Gasteiger partial charge in [0.15, 0.2) is 0 Å². The van der Waals surface area contributed by atoms with Gasteiger partial charge in [-0.2, -0.15) is 0 Å². The molecule has 0 unspecified atom stereocenters. The van der Waals surface area contributed by atoms with Crippen LogP contribution in [0.5, 0.6) is 0 Å². The lowest BCUT2D eigenvalue weighted by atomic mass is 10.1. The van der Waals surface area contributed by atoms with Crippen LogP contribution >= 0.6 is 23.2 Å². The van der Waals surface area contributed by atoms with E-state index in [4.69, 9.17) is 28.3 Å². The van der Waals surface area contributed by atoms with Crippen LogP contribution in [0, 0.1) is 0 Å². The van der Waals surface area contributed by atoms with E-state index >= 15 is 0 Å². The monoisotopic (exact) mass is 358 g/mol. The molecule has 2 rings (SSSR count). The first kappa shape index (κ1) is 16.8. The Kier molecular flexibility index (Phi) is 5.08. The van der Waals surface area contributed by atoms with E-state index in [0.29, 0.717) is 21.3 Å². The van der Waals surface area contributed by atoms with Crippen LogP contribution in [0.1, 0.15) is 5.56 Å². The van der Waals surface area contributed by atoms with E-state index in [1.807, 2.05) is 0 Å². The summed E-state index contributed by atoms with van der Waals surface area (Å²) in [6, 6.07) is 10.5. The fourth-order valence-electron chi connectivity index (χ4n) is 1.77. The van der Waals surface area contributed by atoms with Crippen molar-refractivity contribution in [1.82, 2.24) is 0 Å². The van der Waals surface area contributed by atoms with E-state index in [-0.39, 0.29) is 17.2 Å². The predicted octanol–water partition coefficient (Wildman–Crippen LogP) is 2.82. The highest BCUT2D eigenvalue weighted by Crippen LogP contribution is 2.23. The lowest BCUT2D eigenvalue weighted by Crippen LogP contribution is -2.15. The summed E-state index contributed by atoms with van der Waals surface area (Å²) >= 11 is 11.7. The molecule has 0 aliphatic carbocycles. The topological polar surface area (TPSA) is 89.3 Å². The first-order chi connectivity index (χ1) is 10.3. The number of nitrogens with two attached hydrogens (primary N) is 1. The SMILES string of the molecule is NS(=O)(=O)c1ccc(NC(=O)Cc2ccc(Cl)c(Cl)c2)cc1. The number of carbonyl (C=O) groups is 1. The van der Waals surface area contributed by atoms with Crippen LogP contribution in [0.3, 0.4) is 0 Å². The van der Waals surface area contributed by atoms with Crippen LogP contribution in [0.25, 0.3) is 0 Å². The molecule has 0 aliphatic rings. The number of nitrogens with one attached hydrogen (secondary N) is 1. The van der Waals surface area contributed by atoms with Gasteiger partial charge in [0.2, 0.25) is 15.9 Å². The van der Waals surface area contributed by atoms with Gasteiger partial charge in [0.25, 0.3) is 0 Å². The van der Waals surface area contributed by atoms with Gasteiger partial charge in [-0.25, -0.2) is 13.6 Å². The third kappa shape index (κ3) is 4.45. The minimum absolute atomic E-state index is 0.0185. The molecule has 22 heavy (non-hydrogen) atoms. The molecule has 0 spiro atoms. The summed E-state index contributed by atoms with van der Waals surface area (Å²) in [5.74, 6) is -0.262. The number of hydrogen-bond acceptors (Lipinski definition) is 3. The van der Waals surface area contributed by atoms with Gasteiger partial charge in [-0.1, -0.05) is 29.3 Å². The van der Waals surface area contributed by atoms with Gasteiger partial charge in [-0.3, -0.25) is 4.79 Å². The van der Waals surface area contributed by atoms with Crippen molar-refractivity contribution in [1.29, 1.82) is 0 Å². The highest BCUT2D eigenvalue weighted by molar-refractivity contribution is 7.89. The summed E-state index contributed by atoms with van der Waals surface area (Å²) in [6.45, 7) is 0. The predicted molar refractivity (Wildman–Crippen MR) is 86.6 cm³/mol. The van der Waals surface area contributed by atoms with Crippen molar-refractivity contribution in [2.24, 2.45) is 5.14 Å². The third-order valence-corrected chi connectivity index (χ3v) is 4.48. The van der Waals surface area contributed by atoms with E-state index in [1.165, 1.54) is 24.3 Å². The second-order valence-corrected chi connectivity index (χ2v) is 6.92. The molecule has 8 heteroatoms. The van der Waals surface area contributed by atoms with Gasteiger partial charge in [0, 0.05) is 5.69 Å². The summed E-state index contributed by atoms with van der Waals surface area (Å²) in [5.41, 5.74) is 1.19. The third-order valence-electron chi connectivity index (χ3n) is 2.82. The number of sulfonamides is 1. The van der Waals surface area contributed by atoms with Crippen molar-refractivity contribution < 1.29 is 13.2 Å². The molecule has 0 saturated heterocycles. The standard InChI is InChI=1S/C14H12Cl2N2O3S/c15-12-6-1-9(7-13(12)16)8-14(19)18-10-2-4-11(5-3-10)22(17,20)21/h1-7H,8H2,(H,18,19)(H2,17,20,21). The highest BCUT2D eigenvalue weighted by atomic mass is 35.5. The molecule has 0 fully saturated rings. The Bertz CT molecular complexity index is 805. The minimum atomic E-state index is -3.75. The summed E-state index contributed by atoms with van der Waals surface area (Å²) in [5, 5.41) is 8.45. The Labute approximate surface area is 138 Å². The lowest BCUT2D eigenvalue weighted by molar-refractivity contribution is -0.115. The molecule has 116 valence electrons. The van der Waals surface area contributed by atoms with Gasteiger partial charge in [0.1, 0.15) is 0 Å². The number of hydrogen-bond donors (Lipinski definition) is 2. The fraction of sp³-hybridized carbons (Fsp3) is 0.0714. The Morgan fingerprint density at radius 2 is 1.68 bits per heavy atom. The number of primary sulfonamides is 1. The van der Waals surface area contributed by atoms with Crippen molar-refractivity contribution in [2.45, 2.75) is 11.3 Å². The van der Waals surface area contributed by atoms with E-state index in [9.17, 15) is 13.2 Å². The Balaban J connectivity index is 2.04. The second kappa shape index (κ2) is 6.66. The molecule has 0 saturated carbocycles. The molecule has 0 atom stereocenters. The maximum Gasteiger partial charge on any atom is 0.238 e. The molecular weight excluding hydrogens is 347 g/mol. The zero-order valence-corrected chi connectivity index (χ0v) is 13.5. The van der Waals surface area contributed by atoms with Gasteiger partial charge in [-0.05, 0) is 42.0 Å². The molecule has 0 heterocycles. The quantitative estimate of drug-likeness (QED) is 0.880. The number of carbonyl (C=O) groups excluding carboxylic acids is 1. The first-order valence-electron chi connectivity index (χ1n) is 6.12. The van der Waals surface area contributed by atoms with Gasteiger partial charge in [-0.15, -0.1) is 0 Å². The number of halogens is 2. The van der Waals surface area contributed by atoms with Gasteiger partial charge >= 0.3 is 0 Å². The van der Waals surface area contributed by atoms with Crippen LogP contribution in [0.2, 0.25) is 10.0 Å². The maximum absolute atomic E-state index is 11.9. The zero-order chi connectivity index (χ0) is 16.3. The van der Waals surface area contributed by atoms with Crippen LogP contribution in [0.15, 0.2) is 47.4 Å². The molecule has 0 aliphatic heterocycles. The molecule has 0 radical (unpaired) electrons. The average Bonchev–Trinajstić information content (AvgIpc) is 2.42. The van der Waals surface area contributed by atoms with E-state index < -0.39 is 10.0 Å². The number of benzene rings is 2. The summed E-state index contributed by atoms with van der Waals surface area (Å²) < 4.78 is 22.3. The fourth-order valence-corrected chi connectivity index (χ4v) is 2.60. The van der Waals surface area contributed by atoms with Crippen molar-refractivity contribution >= 4 is 44.8 Å². The smallest absolute Gasteiger partial charge is 0.238 e. The first-order valence-corrected chi connectivity index (χ1v) is 8.42. The normalized spacial score (nSPS) is 11.2. The van der Waals surface area contributed by atoms with Crippen LogP contribution in [0.4, 0.5) is 5.69 Å². The highest BCUT2D eigenvalue weighted by Gasteiger charge is 2.09. The largest absolute Gasteiger partial charge is 0.326 e. The number of anilines is 1. The van der Waals surface area contributed by atoms with Crippen molar-refractivity contribution in [3.05, 3.63) is 58.1 Å². The molecular formula is C14H12Cl2N2O3S. The molecule has 2 aromatic carbocycles. The van der Waals surface area contributed by atoms with Crippen LogP contribution in [-0.4, -0.2) is 14.3 Å². The summed E-state index contributed by atoms with van der Waals surface area (Å²) in [7, 11) is -3.75. The Hall–Kier alpha value is -1.60. The molecule has 5 nitrogen and oxygen atoms in total.